The number of rotatable bonds is 6. The second-order valence-corrected chi connectivity index (χ2v) is 4.90. The highest BCUT2D eigenvalue weighted by Gasteiger charge is 2.16. The van der Waals surface area contributed by atoms with Crippen molar-refractivity contribution < 1.29 is 5.21 Å². The summed E-state index contributed by atoms with van der Waals surface area (Å²) in [7, 11) is 0. The Morgan fingerprint density at radius 3 is 2.83 bits per heavy atom. The zero-order valence-electron chi connectivity index (χ0n) is 10.6. The Bertz CT molecular complexity index is 413. The van der Waals surface area contributed by atoms with Crippen LogP contribution in [0.15, 0.2) is 29.4 Å². The van der Waals surface area contributed by atoms with Gasteiger partial charge in [-0.15, -0.1) is 0 Å². The van der Waals surface area contributed by atoms with Crippen LogP contribution in [-0.4, -0.2) is 17.6 Å². The van der Waals surface area contributed by atoms with Gasteiger partial charge in [0.15, 0.2) is 5.84 Å². The smallest absolute Gasteiger partial charge is 0.170 e. The number of nitrogens with two attached hydrogens (primary N) is 1. The third-order valence-electron chi connectivity index (χ3n) is 3.67. The molecule has 1 aromatic carbocycles. The molecule has 1 saturated carbocycles. The molecular formula is C14H21N3O. The van der Waals surface area contributed by atoms with Gasteiger partial charge in [0, 0.05) is 12.1 Å². The summed E-state index contributed by atoms with van der Waals surface area (Å²) in [4.78, 5) is 0. The Labute approximate surface area is 108 Å². The summed E-state index contributed by atoms with van der Waals surface area (Å²) in [5.41, 5.74) is 7.52. The summed E-state index contributed by atoms with van der Waals surface area (Å²) in [6.07, 6.45) is 5.44. The topological polar surface area (TPSA) is 70.6 Å². The number of nitrogens with zero attached hydrogens (tertiary/aromatic N) is 1. The van der Waals surface area contributed by atoms with E-state index in [4.69, 9.17) is 10.9 Å². The lowest BCUT2D eigenvalue weighted by Crippen LogP contribution is -2.23. The highest BCUT2D eigenvalue weighted by molar-refractivity contribution is 5.98. The zero-order chi connectivity index (χ0) is 12.8. The number of hydrogen-bond donors (Lipinski definition) is 3. The summed E-state index contributed by atoms with van der Waals surface area (Å²) in [5, 5.41) is 15.2. The van der Waals surface area contributed by atoms with E-state index >= 15 is 0 Å². The van der Waals surface area contributed by atoms with Gasteiger partial charge < -0.3 is 16.3 Å². The minimum absolute atomic E-state index is 0.173. The predicted molar refractivity (Wildman–Crippen MR) is 72.6 cm³/mol. The maximum Gasteiger partial charge on any atom is 0.170 e. The summed E-state index contributed by atoms with van der Waals surface area (Å²) in [6.45, 7) is 1.80. The molecule has 0 aliphatic heterocycles. The fourth-order valence-electron chi connectivity index (χ4n) is 2.29. The second-order valence-electron chi connectivity index (χ2n) is 4.90. The molecular weight excluding hydrogens is 226 g/mol. The monoisotopic (exact) mass is 247 g/mol. The van der Waals surface area contributed by atoms with Crippen LogP contribution in [0.25, 0.3) is 0 Å². The summed E-state index contributed by atoms with van der Waals surface area (Å²) < 4.78 is 0. The van der Waals surface area contributed by atoms with E-state index in [0.717, 1.165) is 30.1 Å². The van der Waals surface area contributed by atoms with Crippen molar-refractivity contribution in [2.75, 3.05) is 6.54 Å². The van der Waals surface area contributed by atoms with Crippen LogP contribution in [0.1, 0.15) is 36.8 Å². The van der Waals surface area contributed by atoms with Crippen LogP contribution >= 0.6 is 0 Å². The minimum atomic E-state index is 0.173. The van der Waals surface area contributed by atoms with E-state index in [0.29, 0.717) is 0 Å². The lowest BCUT2D eigenvalue weighted by Gasteiger charge is -2.25. The van der Waals surface area contributed by atoms with Crippen molar-refractivity contribution in [3.63, 3.8) is 0 Å². The van der Waals surface area contributed by atoms with Gasteiger partial charge in [0.05, 0.1) is 0 Å². The molecule has 2 rings (SSSR count). The standard InChI is InChI=1S/C14H21N3O/c15-14(17-18)13-7-2-1-6-12(13)10-16-9-8-11-4-3-5-11/h1-2,6-7,11,16,18H,3-5,8-10H2,(H2,15,17). The van der Waals surface area contributed by atoms with Crippen LogP contribution < -0.4 is 11.1 Å². The fourth-order valence-corrected chi connectivity index (χ4v) is 2.29. The molecule has 1 aliphatic rings. The van der Waals surface area contributed by atoms with Crippen molar-refractivity contribution in [2.45, 2.75) is 32.2 Å². The van der Waals surface area contributed by atoms with Crippen molar-refractivity contribution in [1.29, 1.82) is 0 Å². The van der Waals surface area contributed by atoms with Crippen molar-refractivity contribution in [3.05, 3.63) is 35.4 Å². The first-order valence-corrected chi connectivity index (χ1v) is 6.58. The third kappa shape index (κ3) is 3.23. The van der Waals surface area contributed by atoms with E-state index in [1.807, 2.05) is 24.3 Å². The molecule has 4 heteroatoms. The Balaban J connectivity index is 1.84. The van der Waals surface area contributed by atoms with Crippen LogP contribution in [-0.2, 0) is 6.54 Å². The first kappa shape index (κ1) is 12.9. The molecule has 0 amide bonds. The Morgan fingerprint density at radius 2 is 2.17 bits per heavy atom. The van der Waals surface area contributed by atoms with Crippen molar-refractivity contribution >= 4 is 5.84 Å². The van der Waals surface area contributed by atoms with Gasteiger partial charge in [-0.2, -0.15) is 0 Å². The van der Waals surface area contributed by atoms with Gasteiger partial charge in [-0.05, 0) is 24.4 Å². The van der Waals surface area contributed by atoms with Gasteiger partial charge in [-0.25, -0.2) is 0 Å². The molecule has 0 saturated heterocycles. The molecule has 0 bridgehead atoms. The van der Waals surface area contributed by atoms with Crippen LogP contribution in [0.2, 0.25) is 0 Å². The van der Waals surface area contributed by atoms with Gasteiger partial charge >= 0.3 is 0 Å². The lowest BCUT2D eigenvalue weighted by molar-refractivity contribution is 0.292. The van der Waals surface area contributed by atoms with Crippen molar-refractivity contribution in [2.24, 2.45) is 16.8 Å². The van der Waals surface area contributed by atoms with E-state index in [1.54, 1.807) is 0 Å². The van der Waals surface area contributed by atoms with Gasteiger partial charge in [-0.1, -0.05) is 48.7 Å². The number of hydrogen-bond acceptors (Lipinski definition) is 3. The molecule has 0 heterocycles. The van der Waals surface area contributed by atoms with Crippen LogP contribution in [0.5, 0.6) is 0 Å². The average molecular weight is 247 g/mol. The first-order valence-electron chi connectivity index (χ1n) is 6.58. The molecule has 1 aromatic rings. The maximum absolute atomic E-state index is 8.74. The van der Waals surface area contributed by atoms with Crippen molar-refractivity contribution in [3.8, 4) is 0 Å². The second kappa shape index (κ2) is 6.40. The molecule has 0 spiro atoms. The van der Waals surface area contributed by atoms with E-state index < -0.39 is 0 Å². The number of nitrogens with one attached hydrogen (secondary N) is 1. The third-order valence-corrected chi connectivity index (χ3v) is 3.67. The largest absolute Gasteiger partial charge is 0.409 e. The van der Waals surface area contributed by atoms with Crippen LogP contribution in [0, 0.1) is 5.92 Å². The summed E-state index contributed by atoms with van der Waals surface area (Å²) >= 11 is 0. The van der Waals surface area contributed by atoms with Crippen LogP contribution in [0.4, 0.5) is 0 Å². The summed E-state index contributed by atoms with van der Waals surface area (Å²) in [5.74, 6) is 1.10. The normalized spacial score (nSPS) is 16.6. The molecule has 4 N–H and O–H groups in total. The number of oxime groups is 1. The predicted octanol–water partition coefficient (Wildman–Crippen LogP) is 2.06. The molecule has 0 atom stereocenters. The Kier molecular flexibility index (Phi) is 4.59. The fraction of sp³-hybridized carbons (Fsp3) is 0.500. The lowest BCUT2D eigenvalue weighted by atomic mass is 9.83. The Morgan fingerprint density at radius 1 is 1.39 bits per heavy atom. The van der Waals surface area contributed by atoms with E-state index in [2.05, 4.69) is 10.5 Å². The SMILES string of the molecule is N/C(=N/O)c1ccccc1CNCCC1CCC1. The van der Waals surface area contributed by atoms with Crippen molar-refractivity contribution in [1.82, 2.24) is 5.32 Å². The summed E-state index contributed by atoms with van der Waals surface area (Å²) in [6, 6.07) is 7.74. The number of amidine groups is 1. The number of benzene rings is 1. The molecule has 0 unspecified atom stereocenters. The zero-order valence-corrected chi connectivity index (χ0v) is 10.6. The molecule has 0 radical (unpaired) electrons. The molecule has 1 aliphatic carbocycles. The first-order chi connectivity index (χ1) is 8.81. The van der Waals surface area contributed by atoms with Crippen LogP contribution in [0.3, 0.4) is 0 Å². The van der Waals surface area contributed by atoms with Gasteiger partial charge in [0.1, 0.15) is 0 Å². The molecule has 4 nitrogen and oxygen atoms in total. The Hall–Kier alpha value is -1.55. The van der Waals surface area contributed by atoms with Gasteiger partial charge in [-0.3, -0.25) is 0 Å². The average Bonchev–Trinajstić information content (AvgIpc) is 2.36. The van der Waals surface area contributed by atoms with Gasteiger partial charge in [0.2, 0.25) is 0 Å². The molecule has 1 fully saturated rings. The molecule has 18 heavy (non-hydrogen) atoms. The van der Waals surface area contributed by atoms with E-state index in [1.165, 1.54) is 25.7 Å². The maximum atomic E-state index is 8.74. The molecule has 98 valence electrons. The highest BCUT2D eigenvalue weighted by Crippen LogP contribution is 2.28. The van der Waals surface area contributed by atoms with E-state index in [9.17, 15) is 0 Å². The molecule has 0 aromatic heterocycles. The quantitative estimate of drug-likeness (QED) is 0.237. The van der Waals surface area contributed by atoms with E-state index in [-0.39, 0.29) is 5.84 Å². The minimum Gasteiger partial charge on any atom is -0.409 e. The highest BCUT2D eigenvalue weighted by atomic mass is 16.4. The van der Waals surface area contributed by atoms with Gasteiger partial charge in [0.25, 0.3) is 0 Å².